The molecule has 130 valence electrons. The summed E-state index contributed by atoms with van der Waals surface area (Å²) in [5.74, 6) is 0.749. The van der Waals surface area contributed by atoms with E-state index in [9.17, 15) is 4.79 Å². The maximum absolute atomic E-state index is 12.9. The number of halogens is 1. The van der Waals surface area contributed by atoms with Crippen LogP contribution in [0.4, 0.5) is 0 Å². The molecule has 7 heteroatoms. The summed E-state index contributed by atoms with van der Waals surface area (Å²) in [6.45, 7) is 3.33. The predicted octanol–water partition coefficient (Wildman–Crippen LogP) is 2.11. The highest BCUT2D eigenvalue weighted by atomic mass is 35.5. The van der Waals surface area contributed by atoms with Crippen molar-refractivity contribution in [1.82, 2.24) is 14.7 Å². The molecule has 2 atom stereocenters. The zero-order chi connectivity index (χ0) is 16.4. The lowest BCUT2D eigenvalue weighted by Gasteiger charge is -2.20. The third-order valence-electron chi connectivity index (χ3n) is 4.38. The lowest BCUT2D eigenvalue weighted by molar-refractivity contribution is 0.0733. The van der Waals surface area contributed by atoms with E-state index in [1.54, 1.807) is 18.0 Å². The van der Waals surface area contributed by atoms with Crippen LogP contribution in [0.3, 0.4) is 0 Å². The summed E-state index contributed by atoms with van der Waals surface area (Å²) in [6.07, 6.45) is 2.67. The molecule has 0 spiro atoms. The molecule has 1 aromatic heterocycles. The second-order valence-electron chi connectivity index (χ2n) is 5.97. The number of ether oxygens (including phenoxy) is 1. The van der Waals surface area contributed by atoms with Gasteiger partial charge in [0.15, 0.2) is 11.4 Å². The summed E-state index contributed by atoms with van der Waals surface area (Å²) in [7, 11) is 1.55. The molecule has 2 heterocycles. The van der Waals surface area contributed by atoms with Crippen LogP contribution in [0.15, 0.2) is 36.5 Å². The van der Waals surface area contributed by atoms with E-state index in [1.165, 1.54) is 0 Å². The van der Waals surface area contributed by atoms with Crippen LogP contribution < -0.4 is 10.5 Å². The molecule has 0 saturated carbocycles. The van der Waals surface area contributed by atoms with E-state index in [0.29, 0.717) is 30.5 Å². The maximum Gasteiger partial charge on any atom is 0.278 e. The molecule has 1 aliphatic rings. The van der Waals surface area contributed by atoms with Crippen LogP contribution in [-0.2, 0) is 0 Å². The van der Waals surface area contributed by atoms with Crippen LogP contribution in [0.5, 0.6) is 5.75 Å². The first kappa shape index (κ1) is 18.3. The number of carbonyl (C=O) groups excluding carboxylic acids is 1. The summed E-state index contributed by atoms with van der Waals surface area (Å²) >= 11 is 0. The van der Waals surface area contributed by atoms with Crippen LogP contribution in [0.25, 0.3) is 5.69 Å². The van der Waals surface area contributed by atoms with Gasteiger partial charge in [-0.3, -0.25) is 4.79 Å². The first-order valence-corrected chi connectivity index (χ1v) is 7.84. The van der Waals surface area contributed by atoms with Gasteiger partial charge < -0.3 is 15.4 Å². The van der Waals surface area contributed by atoms with E-state index in [4.69, 9.17) is 10.5 Å². The van der Waals surface area contributed by atoms with Crippen LogP contribution in [-0.4, -0.2) is 46.8 Å². The molecule has 2 aromatic rings. The molecule has 1 fully saturated rings. The van der Waals surface area contributed by atoms with Gasteiger partial charge in [-0.1, -0.05) is 18.2 Å². The Morgan fingerprint density at radius 2 is 2.08 bits per heavy atom. The molecule has 1 aliphatic heterocycles. The van der Waals surface area contributed by atoms with Gasteiger partial charge in [0.25, 0.3) is 5.91 Å². The summed E-state index contributed by atoms with van der Waals surface area (Å²) in [5, 5.41) is 4.45. The number of amides is 1. The highest BCUT2D eigenvalue weighted by Gasteiger charge is 2.34. The van der Waals surface area contributed by atoms with E-state index < -0.39 is 0 Å². The fraction of sp³-hybridized carbons (Fsp3) is 0.412. The third kappa shape index (κ3) is 3.39. The van der Waals surface area contributed by atoms with Gasteiger partial charge in [-0.2, -0.15) is 5.10 Å². The van der Waals surface area contributed by atoms with Crippen molar-refractivity contribution in [3.05, 3.63) is 42.2 Å². The van der Waals surface area contributed by atoms with Crippen molar-refractivity contribution in [1.29, 1.82) is 0 Å². The van der Waals surface area contributed by atoms with E-state index in [-0.39, 0.29) is 24.4 Å². The molecule has 6 nitrogen and oxygen atoms in total. The molecule has 1 amide bonds. The van der Waals surface area contributed by atoms with E-state index in [2.05, 4.69) is 5.10 Å². The lowest BCUT2D eigenvalue weighted by atomic mass is 10.1. The van der Waals surface area contributed by atoms with Crippen molar-refractivity contribution >= 4 is 18.3 Å². The van der Waals surface area contributed by atoms with Gasteiger partial charge in [0, 0.05) is 12.6 Å². The van der Waals surface area contributed by atoms with Crippen LogP contribution in [0.1, 0.15) is 23.8 Å². The summed E-state index contributed by atoms with van der Waals surface area (Å²) < 4.78 is 7.03. The first-order chi connectivity index (χ1) is 11.1. The van der Waals surface area contributed by atoms with Crippen molar-refractivity contribution < 1.29 is 9.53 Å². The monoisotopic (exact) mass is 350 g/mol. The Bertz CT molecular complexity index is 689. The smallest absolute Gasteiger partial charge is 0.278 e. The van der Waals surface area contributed by atoms with Crippen molar-refractivity contribution in [2.75, 3.05) is 20.2 Å². The fourth-order valence-electron chi connectivity index (χ4n) is 3.10. The Morgan fingerprint density at radius 1 is 1.38 bits per heavy atom. The average molecular weight is 351 g/mol. The second-order valence-corrected chi connectivity index (χ2v) is 5.97. The molecule has 2 N–H and O–H groups in total. The van der Waals surface area contributed by atoms with E-state index in [1.807, 2.05) is 42.2 Å². The van der Waals surface area contributed by atoms with Crippen molar-refractivity contribution in [3.8, 4) is 11.4 Å². The van der Waals surface area contributed by atoms with Crippen molar-refractivity contribution in [3.63, 3.8) is 0 Å². The molecular weight excluding hydrogens is 328 g/mol. The zero-order valence-corrected chi connectivity index (χ0v) is 14.7. The highest BCUT2D eigenvalue weighted by molar-refractivity contribution is 5.95. The second kappa shape index (κ2) is 7.68. The van der Waals surface area contributed by atoms with Gasteiger partial charge in [0.05, 0.1) is 19.0 Å². The normalized spacial score (nSPS) is 19.9. The van der Waals surface area contributed by atoms with Crippen molar-refractivity contribution in [2.45, 2.75) is 19.4 Å². The van der Waals surface area contributed by atoms with Gasteiger partial charge in [-0.25, -0.2) is 4.68 Å². The number of hydrogen-bond acceptors (Lipinski definition) is 4. The molecular formula is C17H23ClN4O2. The van der Waals surface area contributed by atoms with Gasteiger partial charge in [0.2, 0.25) is 0 Å². The topological polar surface area (TPSA) is 73.4 Å². The third-order valence-corrected chi connectivity index (χ3v) is 4.38. The number of likely N-dealkylation sites (tertiary alicyclic amines) is 1. The fourth-order valence-corrected chi connectivity index (χ4v) is 3.10. The average Bonchev–Trinajstić information content (AvgIpc) is 3.18. The molecule has 1 aromatic carbocycles. The quantitative estimate of drug-likeness (QED) is 0.916. The Labute approximate surface area is 148 Å². The largest absolute Gasteiger partial charge is 0.493 e. The van der Waals surface area contributed by atoms with Crippen LogP contribution >= 0.6 is 12.4 Å². The minimum absolute atomic E-state index is 0. The number of carbonyl (C=O) groups is 1. The number of para-hydroxylation sites is 1. The van der Waals surface area contributed by atoms with Gasteiger partial charge >= 0.3 is 0 Å². The number of nitrogens with two attached hydrogens (primary N) is 1. The molecule has 24 heavy (non-hydrogen) atoms. The lowest BCUT2D eigenvalue weighted by Crippen LogP contribution is -2.35. The number of methoxy groups -OCH3 is 1. The molecule has 0 aliphatic carbocycles. The Kier molecular flexibility index (Phi) is 5.85. The summed E-state index contributed by atoms with van der Waals surface area (Å²) in [5.41, 5.74) is 6.99. The predicted molar refractivity (Wildman–Crippen MR) is 95.0 cm³/mol. The molecule has 0 bridgehead atoms. The standard InChI is InChI=1S/C17H22N4O2.ClH/c1-12-8-13(9-18)10-20(12)17(22)16-15(23-2)11-21(19-16)14-6-4-3-5-7-14;/h3-7,11-13H,8-10,18H2,1-2H3;1H. The summed E-state index contributed by atoms with van der Waals surface area (Å²) in [6, 6.07) is 9.84. The SMILES string of the molecule is COc1cn(-c2ccccc2)nc1C(=O)N1CC(CN)CC1C.Cl. The molecule has 1 saturated heterocycles. The molecule has 2 unspecified atom stereocenters. The minimum Gasteiger partial charge on any atom is -0.493 e. The van der Waals surface area contributed by atoms with Gasteiger partial charge in [0.1, 0.15) is 0 Å². The Morgan fingerprint density at radius 3 is 2.67 bits per heavy atom. The van der Waals surface area contributed by atoms with Gasteiger partial charge in [-0.15, -0.1) is 12.4 Å². The molecule has 0 radical (unpaired) electrons. The Hall–Kier alpha value is -2.05. The van der Waals surface area contributed by atoms with Crippen LogP contribution in [0, 0.1) is 5.92 Å². The Balaban J connectivity index is 0.00000208. The number of benzene rings is 1. The maximum atomic E-state index is 12.9. The number of aromatic nitrogens is 2. The number of rotatable bonds is 4. The van der Waals surface area contributed by atoms with Gasteiger partial charge in [-0.05, 0) is 37.9 Å². The molecule has 3 rings (SSSR count). The van der Waals surface area contributed by atoms with E-state index >= 15 is 0 Å². The van der Waals surface area contributed by atoms with E-state index in [0.717, 1.165) is 12.1 Å². The first-order valence-electron chi connectivity index (χ1n) is 7.84. The number of hydrogen-bond donors (Lipinski definition) is 1. The minimum atomic E-state index is -0.0972. The summed E-state index contributed by atoms with van der Waals surface area (Å²) in [4.78, 5) is 14.7. The zero-order valence-electron chi connectivity index (χ0n) is 13.9. The van der Waals surface area contributed by atoms with Crippen molar-refractivity contribution in [2.24, 2.45) is 11.7 Å². The van der Waals surface area contributed by atoms with Crippen LogP contribution in [0.2, 0.25) is 0 Å². The number of nitrogens with zero attached hydrogens (tertiary/aromatic N) is 3. The highest BCUT2D eigenvalue weighted by Crippen LogP contribution is 2.27.